The number of ether oxygens (including phenoxy) is 2. The normalized spacial score (nSPS) is 12.3. The molecule has 3 rings (SSSR count). The first-order chi connectivity index (χ1) is 11.2. The van der Waals surface area contributed by atoms with Crippen LogP contribution in [0.15, 0.2) is 42.5 Å². The van der Waals surface area contributed by atoms with Crippen molar-refractivity contribution in [2.24, 2.45) is 0 Å². The first-order valence-electron chi connectivity index (χ1n) is 7.54. The first-order valence-corrected chi connectivity index (χ1v) is 7.54. The van der Waals surface area contributed by atoms with Crippen LogP contribution in [0.3, 0.4) is 0 Å². The van der Waals surface area contributed by atoms with Crippen LogP contribution in [0.1, 0.15) is 24.4 Å². The second-order valence-corrected chi connectivity index (χ2v) is 5.21. The molecule has 2 aromatic carbocycles. The van der Waals surface area contributed by atoms with E-state index in [0.29, 0.717) is 22.9 Å². The van der Waals surface area contributed by atoms with Crippen LogP contribution in [0, 0.1) is 0 Å². The minimum atomic E-state index is -0.896. The molecular formula is C18H20N2O3. The molecule has 120 valence electrons. The summed E-state index contributed by atoms with van der Waals surface area (Å²) in [6.07, 6.45) is -0.896. The molecule has 5 heteroatoms. The molecule has 0 saturated carbocycles. The minimum Gasteiger partial charge on any atom is -0.497 e. The number of aromatic nitrogens is 2. The third-order valence-corrected chi connectivity index (χ3v) is 3.98. The summed E-state index contributed by atoms with van der Waals surface area (Å²) in [6, 6.07) is 13.2. The van der Waals surface area contributed by atoms with Gasteiger partial charge in [0.05, 0.1) is 25.3 Å². The predicted octanol–water partition coefficient (Wildman–Crippen LogP) is 3.16. The van der Waals surface area contributed by atoms with Crippen molar-refractivity contribution in [3.63, 3.8) is 0 Å². The van der Waals surface area contributed by atoms with Gasteiger partial charge in [-0.25, -0.2) is 4.98 Å². The Morgan fingerprint density at radius 1 is 1.13 bits per heavy atom. The molecule has 0 aliphatic rings. The number of methoxy groups -OCH3 is 2. The summed E-state index contributed by atoms with van der Waals surface area (Å²) in [4.78, 5) is 4.61. The molecule has 1 aromatic heterocycles. The standard InChI is InChI=1S/C18H20N2O3/c1-4-20-15-8-6-5-7-14(15)19-18(20)17(21)13-11-12(22-2)9-10-16(13)23-3/h5-11,17,21H,4H2,1-3H3/t17-/m1/s1. The lowest BCUT2D eigenvalue weighted by Gasteiger charge is -2.17. The van der Waals surface area contributed by atoms with Gasteiger partial charge in [-0.2, -0.15) is 0 Å². The molecule has 0 radical (unpaired) electrons. The van der Waals surface area contributed by atoms with E-state index in [-0.39, 0.29) is 0 Å². The monoisotopic (exact) mass is 312 g/mol. The average molecular weight is 312 g/mol. The molecule has 0 saturated heterocycles. The Labute approximate surface area is 135 Å². The Balaban J connectivity index is 2.15. The number of rotatable bonds is 5. The molecular weight excluding hydrogens is 292 g/mol. The van der Waals surface area contributed by atoms with E-state index in [1.54, 1.807) is 32.4 Å². The summed E-state index contributed by atoms with van der Waals surface area (Å²) in [5.41, 5.74) is 2.51. The molecule has 1 atom stereocenters. The molecule has 1 heterocycles. The van der Waals surface area contributed by atoms with Gasteiger partial charge in [0.25, 0.3) is 0 Å². The van der Waals surface area contributed by atoms with Crippen LogP contribution in [0.2, 0.25) is 0 Å². The zero-order valence-corrected chi connectivity index (χ0v) is 13.5. The number of imidazole rings is 1. The van der Waals surface area contributed by atoms with Gasteiger partial charge in [-0.1, -0.05) is 12.1 Å². The Bertz CT molecular complexity index is 826. The second-order valence-electron chi connectivity index (χ2n) is 5.21. The Morgan fingerprint density at radius 3 is 2.61 bits per heavy atom. The van der Waals surface area contributed by atoms with Crippen molar-refractivity contribution in [2.75, 3.05) is 14.2 Å². The lowest BCUT2D eigenvalue weighted by molar-refractivity contribution is 0.200. The number of hydrogen-bond acceptors (Lipinski definition) is 4. The molecule has 1 N–H and O–H groups in total. The highest BCUT2D eigenvalue weighted by molar-refractivity contribution is 5.76. The van der Waals surface area contributed by atoms with E-state index in [2.05, 4.69) is 4.98 Å². The molecule has 0 aliphatic heterocycles. The highest BCUT2D eigenvalue weighted by atomic mass is 16.5. The van der Waals surface area contributed by atoms with Gasteiger partial charge in [0.15, 0.2) is 0 Å². The van der Waals surface area contributed by atoms with Gasteiger partial charge < -0.3 is 19.1 Å². The molecule has 0 amide bonds. The summed E-state index contributed by atoms with van der Waals surface area (Å²) in [7, 11) is 3.18. The lowest BCUT2D eigenvalue weighted by atomic mass is 10.1. The Morgan fingerprint density at radius 2 is 1.91 bits per heavy atom. The van der Waals surface area contributed by atoms with Gasteiger partial charge in [0.2, 0.25) is 0 Å². The van der Waals surface area contributed by atoms with Gasteiger partial charge in [0.1, 0.15) is 23.4 Å². The highest BCUT2D eigenvalue weighted by Gasteiger charge is 2.22. The number of nitrogens with zero attached hydrogens (tertiary/aromatic N) is 2. The molecule has 0 unspecified atom stereocenters. The number of fused-ring (bicyclic) bond motifs is 1. The molecule has 23 heavy (non-hydrogen) atoms. The third kappa shape index (κ3) is 2.64. The van der Waals surface area contributed by atoms with Gasteiger partial charge in [-0.05, 0) is 37.3 Å². The molecule has 3 aromatic rings. The smallest absolute Gasteiger partial charge is 0.143 e. The van der Waals surface area contributed by atoms with Crippen molar-refractivity contribution in [3.05, 3.63) is 53.9 Å². The summed E-state index contributed by atoms with van der Waals surface area (Å²) >= 11 is 0. The third-order valence-electron chi connectivity index (χ3n) is 3.98. The largest absolute Gasteiger partial charge is 0.497 e. The number of para-hydroxylation sites is 2. The van der Waals surface area contributed by atoms with Crippen LogP contribution in [0.5, 0.6) is 11.5 Å². The molecule has 0 bridgehead atoms. The number of hydrogen-bond donors (Lipinski definition) is 1. The SMILES string of the molecule is CCn1c([C@H](O)c2cc(OC)ccc2OC)nc2ccccc21. The number of aliphatic hydroxyl groups is 1. The average Bonchev–Trinajstić information content (AvgIpc) is 2.99. The van der Waals surface area contributed by atoms with Crippen molar-refractivity contribution >= 4 is 11.0 Å². The van der Waals surface area contributed by atoms with Gasteiger partial charge in [-0.3, -0.25) is 0 Å². The van der Waals surface area contributed by atoms with Crippen molar-refractivity contribution in [2.45, 2.75) is 19.6 Å². The maximum Gasteiger partial charge on any atom is 0.143 e. The van der Waals surface area contributed by atoms with Crippen LogP contribution in [-0.2, 0) is 6.54 Å². The van der Waals surface area contributed by atoms with E-state index < -0.39 is 6.10 Å². The van der Waals surface area contributed by atoms with Crippen molar-refractivity contribution < 1.29 is 14.6 Å². The van der Waals surface area contributed by atoms with E-state index in [0.717, 1.165) is 17.6 Å². The van der Waals surface area contributed by atoms with Gasteiger partial charge in [0, 0.05) is 12.1 Å². The fourth-order valence-corrected chi connectivity index (χ4v) is 2.83. The van der Waals surface area contributed by atoms with E-state index in [1.165, 1.54) is 0 Å². The highest BCUT2D eigenvalue weighted by Crippen LogP contribution is 2.34. The molecule has 0 aliphatic carbocycles. The van der Waals surface area contributed by atoms with E-state index in [4.69, 9.17) is 9.47 Å². The minimum absolute atomic E-state index is 0.597. The summed E-state index contributed by atoms with van der Waals surface area (Å²) in [6.45, 7) is 2.76. The summed E-state index contributed by atoms with van der Waals surface area (Å²) < 4.78 is 12.7. The first kappa shape index (κ1) is 15.4. The predicted molar refractivity (Wildman–Crippen MR) is 89.0 cm³/mol. The van der Waals surface area contributed by atoms with Crippen LogP contribution in [-0.4, -0.2) is 28.9 Å². The van der Waals surface area contributed by atoms with Crippen LogP contribution >= 0.6 is 0 Å². The van der Waals surface area contributed by atoms with Gasteiger partial charge in [-0.15, -0.1) is 0 Å². The van der Waals surface area contributed by atoms with E-state index in [9.17, 15) is 5.11 Å². The van der Waals surface area contributed by atoms with Crippen molar-refractivity contribution in [3.8, 4) is 11.5 Å². The van der Waals surface area contributed by atoms with Crippen LogP contribution in [0.4, 0.5) is 0 Å². The molecule has 5 nitrogen and oxygen atoms in total. The zero-order chi connectivity index (χ0) is 16.4. The fourth-order valence-electron chi connectivity index (χ4n) is 2.83. The fraction of sp³-hybridized carbons (Fsp3) is 0.278. The number of aryl methyl sites for hydroxylation is 1. The summed E-state index contributed by atoms with van der Waals surface area (Å²) in [5, 5.41) is 10.9. The maximum atomic E-state index is 10.9. The van der Waals surface area contributed by atoms with E-state index in [1.807, 2.05) is 35.8 Å². The zero-order valence-electron chi connectivity index (χ0n) is 13.5. The number of benzene rings is 2. The molecule has 0 fully saturated rings. The quantitative estimate of drug-likeness (QED) is 0.786. The molecule has 0 spiro atoms. The number of aliphatic hydroxyl groups excluding tert-OH is 1. The topological polar surface area (TPSA) is 56.5 Å². The van der Waals surface area contributed by atoms with E-state index >= 15 is 0 Å². The Kier molecular flexibility index (Phi) is 4.21. The Hall–Kier alpha value is -2.53. The van der Waals surface area contributed by atoms with Crippen molar-refractivity contribution in [1.29, 1.82) is 0 Å². The van der Waals surface area contributed by atoms with Crippen molar-refractivity contribution in [1.82, 2.24) is 9.55 Å². The lowest BCUT2D eigenvalue weighted by Crippen LogP contribution is -2.10. The second kappa shape index (κ2) is 6.30. The van der Waals surface area contributed by atoms with Crippen LogP contribution < -0.4 is 9.47 Å². The van der Waals surface area contributed by atoms with Gasteiger partial charge >= 0.3 is 0 Å². The summed E-state index contributed by atoms with van der Waals surface area (Å²) in [5.74, 6) is 1.87. The van der Waals surface area contributed by atoms with Crippen LogP contribution in [0.25, 0.3) is 11.0 Å². The maximum absolute atomic E-state index is 10.9.